The summed E-state index contributed by atoms with van der Waals surface area (Å²) in [6.45, 7) is 1.88. The molecule has 1 N–H and O–H groups in total. The minimum atomic E-state index is -1.21. The molecule has 0 bridgehead atoms. The maximum atomic E-state index is 12.8. The number of nitrogens with zero attached hydrogens (tertiary/aromatic N) is 1. The van der Waals surface area contributed by atoms with Gasteiger partial charge in [0.2, 0.25) is 0 Å². The lowest BCUT2D eigenvalue weighted by atomic mass is 9.92. The van der Waals surface area contributed by atoms with Gasteiger partial charge >= 0.3 is 6.03 Å². The second-order valence-electron chi connectivity index (χ2n) is 5.95. The maximum Gasteiger partial charge on any atom is 0.325 e. The number of urea groups is 1. The summed E-state index contributed by atoms with van der Waals surface area (Å²) in [6.07, 6.45) is 0. The van der Waals surface area contributed by atoms with Gasteiger partial charge in [0.25, 0.3) is 5.91 Å². The minimum Gasteiger partial charge on any atom is -0.492 e. The maximum absolute atomic E-state index is 12.8. The van der Waals surface area contributed by atoms with Crippen LogP contribution in [-0.2, 0) is 10.3 Å². The third-order valence-electron chi connectivity index (χ3n) is 4.15. The Morgan fingerprint density at radius 2 is 1.85 bits per heavy atom. The number of benzene rings is 2. The van der Waals surface area contributed by atoms with E-state index < -0.39 is 11.6 Å². The lowest BCUT2D eigenvalue weighted by Gasteiger charge is -2.22. The smallest absolute Gasteiger partial charge is 0.325 e. The van der Waals surface area contributed by atoms with Gasteiger partial charge in [-0.25, -0.2) is 4.79 Å². The van der Waals surface area contributed by atoms with E-state index in [9.17, 15) is 9.59 Å². The van der Waals surface area contributed by atoms with Gasteiger partial charge in [-0.3, -0.25) is 9.69 Å². The zero-order valence-corrected chi connectivity index (χ0v) is 16.0. The van der Waals surface area contributed by atoms with E-state index in [0.29, 0.717) is 26.4 Å². The van der Waals surface area contributed by atoms with E-state index in [1.807, 2.05) is 0 Å². The average Bonchev–Trinajstić information content (AvgIpc) is 2.81. The minimum absolute atomic E-state index is 0.105. The summed E-state index contributed by atoms with van der Waals surface area (Å²) >= 11 is 17.9. The van der Waals surface area contributed by atoms with Crippen molar-refractivity contribution in [2.45, 2.75) is 12.5 Å². The molecule has 1 atom stereocenters. The molecule has 5 nitrogen and oxygen atoms in total. The quantitative estimate of drug-likeness (QED) is 0.735. The van der Waals surface area contributed by atoms with Crippen molar-refractivity contribution in [3.63, 3.8) is 0 Å². The Morgan fingerprint density at radius 3 is 2.54 bits per heavy atom. The van der Waals surface area contributed by atoms with Crippen molar-refractivity contribution in [3.05, 3.63) is 63.1 Å². The fraction of sp³-hybridized carbons (Fsp3) is 0.222. The van der Waals surface area contributed by atoms with Gasteiger partial charge in [-0.15, -0.1) is 0 Å². The van der Waals surface area contributed by atoms with Crippen molar-refractivity contribution >= 4 is 46.7 Å². The van der Waals surface area contributed by atoms with Crippen molar-refractivity contribution < 1.29 is 14.3 Å². The van der Waals surface area contributed by atoms with E-state index >= 15 is 0 Å². The van der Waals surface area contributed by atoms with Gasteiger partial charge in [0.15, 0.2) is 0 Å². The molecule has 1 saturated heterocycles. The normalized spacial score (nSPS) is 19.6. The van der Waals surface area contributed by atoms with Crippen LogP contribution in [0, 0.1) is 0 Å². The van der Waals surface area contributed by atoms with Gasteiger partial charge in [0.05, 0.1) is 16.6 Å². The van der Waals surface area contributed by atoms with E-state index in [1.165, 1.54) is 0 Å². The monoisotopic (exact) mass is 412 g/mol. The predicted octanol–water partition coefficient (Wildman–Crippen LogP) is 4.49. The summed E-state index contributed by atoms with van der Waals surface area (Å²) in [6, 6.07) is 11.2. The molecule has 136 valence electrons. The fourth-order valence-corrected chi connectivity index (χ4v) is 3.19. The topological polar surface area (TPSA) is 58.6 Å². The van der Waals surface area contributed by atoms with Crippen molar-refractivity contribution in [3.8, 4) is 5.75 Å². The summed E-state index contributed by atoms with van der Waals surface area (Å²) in [7, 11) is 0. The summed E-state index contributed by atoms with van der Waals surface area (Å²) in [5.74, 6) is 0.187. The molecule has 2 aromatic rings. The zero-order chi connectivity index (χ0) is 18.9. The van der Waals surface area contributed by atoms with Crippen molar-refractivity contribution in [2.75, 3.05) is 13.2 Å². The van der Waals surface area contributed by atoms with Gasteiger partial charge in [-0.2, -0.15) is 0 Å². The number of imide groups is 1. The van der Waals surface area contributed by atoms with Crippen LogP contribution in [-0.4, -0.2) is 30.0 Å². The van der Waals surface area contributed by atoms with Crippen molar-refractivity contribution in [1.82, 2.24) is 10.2 Å². The lowest BCUT2D eigenvalue weighted by molar-refractivity contribution is -0.131. The largest absolute Gasteiger partial charge is 0.492 e. The Morgan fingerprint density at radius 1 is 1.08 bits per heavy atom. The molecule has 1 heterocycles. The highest BCUT2D eigenvalue weighted by Gasteiger charge is 2.48. The van der Waals surface area contributed by atoms with Crippen LogP contribution in [0.2, 0.25) is 15.1 Å². The van der Waals surface area contributed by atoms with Gasteiger partial charge in [0, 0.05) is 5.02 Å². The van der Waals surface area contributed by atoms with Crippen LogP contribution < -0.4 is 10.1 Å². The van der Waals surface area contributed by atoms with E-state index in [-0.39, 0.29) is 19.1 Å². The first-order chi connectivity index (χ1) is 12.3. The van der Waals surface area contributed by atoms with Crippen LogP contribution in [0.15, 0.2) is 42.5 Å². The van der Waals surface area contributed by atoms with Gasteiger partial charge in [-0.1, -0.05) is 46.9 Å². The zero-order valence-electron chi connectivity index (χ0n) is 13.8. The second-order valence-corrected chi connectivity index (χ2v) is 7.20. The Kier molecular flexibility index (Phi) is 5.32. The first-order valence-corrected chi connectivity index (χ1v) is 8.92. The Labute approximate surface area is 165 Å². The molecule has 3 rings (SSSR count). The molecule has 1 aliphatic heterocycles. The summed E-state index contributed by atoms with van der Waals surface area (Å²) < 4.78 is 5.56. The number of hydrogen-bond donors (Lipinski definition) is 1. The van der Waals surface area contributed by atoms with Gasteiger partial charge in [-0.05, 0) is 42.8 Å². The standard InChI is InChI=1S/C18H15Cl3N2O3/c1-18(11-5-6-14(20)15(21)9-11)16(24)23(17(25)22-18)7-8-26-13-4-2-3-12(19)10-13/h2-6,9-10H,7-8H2,1H3,(H,22,25). The van der Waals surface area contributed by atoms with Crippen molar-refractivity contribution in [2.24, 2.45) is 0 Å². The molecule has 0 spiro atoms. The van der Waals surface area contributed by atoms with Crippen LogP contribution >= 0.6 is 34.8 Å². The molecule has 0 radical (unpaired) electrons. The molecule has 0 saturated carbocycles. The molecule has 1 unspecified atom stereocenters. The SMILES string of the molecule is CC1(c2ccc(Cl)c(Cl)c2)NC(=O)N(CCOc2cccc(Cl)c2)C1=O. The summed E-state index contributed by atoms with van der Waals surface area (Å²) in [5, 5.41) is 3.95. The fourth-order valence-electron chi connectivity index (χ4n) is 2.71. The number of amides is 3. The van der Waals surface area contributed by atoms with Crippen LogP contribution in [0.1, 0.15) is 12.5 Å². The second kappa shape index (κ2) is 7.35. The molecular weight excluding hydrogens is 399 g/mol. The van der Waals surface area contributed by atoms with Crippen LogP contribution in [0.4, 0.5) is 4.79 Å². The molecule has 0 aromatic heterocycles. The first-order valence-electron chi connectivity index (χ1n) is 7.79. The van der Waals surface area contributed by atoms with Gasteiger partial charge in [0.1, 0.15) is 17.9 Å². The number of ether oxygens (including phenoxy) is 1. The highest BCUT2D eigenvalue weighted by Crippen LogP contribution is 2.33. The van der Waals surface area contributed by atoms with E-state index in [1.54, 1.807) is 49.4 Å². The average molecular weight is 414 g/mol. The van der Waals surface area contributed by atoms with E-state index in [4.69, 9.17) is 39.5 Å². The molecule has 8 heteroatoms. The predicted molar refractivity (Wildman–Crippen MR) is 101 cm³/mol. The third kappa shape index (κ3) is 3.61. The number of hydrogen-bond acceptors (Lipinski definition) is 3. The Bertz CT molecular complexity index is 875. The summed E-state index contributed by atoms with van der Waals surface area (Å²) in [5.41, 5.74) is -0.648. The number of halogens is 3. The molecule has 3 amide bonds. The number of carbonyl (C=O) groups excluding carboxylic acids is 2. The van der Waals surface area contributed by atoms with E-state index in [2.05, 4.69) is 5.32 Å². The van der Waals surface area contributed by atoms with Crippen LogP contribution in [0.5, 0.6) is 5.75 Å². The van der Waals surface area contributed by atoms with Crippen molar-refractivity contribution in [1.29, 1.82) is 0 Å². The summed E-state index contributed by atoms with van der Waals surface area (Å²) in [4.78, 5) is 26.2. The van der Waals surface area contributed by atoms with Crippen LogP contribution in [0.25, 0.3) is 0 Å². The number of carbonyl (C=O) groups is 2. The number of rotatable bonds is 5. The molecule has 26 heavy (non-hydrogen) atoms. The number of nitrogens with one attached hydrogen (secondary N) is 1. The molecule has 2 aromatic carbocycles. The highest BCUT2D eigenvalue weighted by atomic mass is 35.5. The van der Waals surface area contributed by atoms with Crippen LogP contribution in [0.3, 0.4) is 0 Å². The Balaban J connectivity index is 1.71. The molecule has 1 fully saturated rings. The van der Waals surface area contributed by atoms with Gasteiger partial charge < -0.3 is 10.1 Å². The third-order valence-corrected chi connectivity index (χ3v) is 5.13. The molecular formula is C18H15Cl3N2O3. The highest BCUT2D eigenvalue weighted by molar-refractivity contribution is 6.42. The van der Waals surface area contributed by atoms with E-state index in [0.717, 1.165) is 4.90 Å². The first kappa shape index (κ1) is 18.8. The molecule has 1 aliphatic rings. The molecule has 0 aliphatic carbocycles. The Hall–Kier alpha value is -1.95. The lowest BCUT2D eigenvalue weighted by Crippen LogP contribution is -2.41.